The zero-order chi connectivity index (χ0) is 11.2. The van der Waals surface area contributed by atoms with E-state index in [9.17, 15) is 0 Å². The van der Waals surface area contributed by atoms with Crippen molar-refractivity contribution in [3.63, 3.8) is 0 Å². The summed E-state index contributed by atoms with van der Waals surface area (Å²) in [5.74, 6) is 4.43. The summed E-state index contributed by atoms with van der Waals surface area (Å²) in [5, 5.41) is 0.851. The fourth-order valence-corrected chi connectivity index (χ4v) is 6.23. The van der Waals surface area contributed by atoms with Crippen molar-refractivity contribution in [1.82, 2.24) is 0 Å². The molecule has 16 heavy (non-hydrogen) atoms. The molecule has 1 unspecified atom stereocenters. The van der Waals surface area contributed by atoms with Gasteiger partial charge in [0.05, 0.1) is 0 Å². The van der Waals surface area contributed by atoms with Crippen LogP contribution in [0.25, 0.3) is 0 Å². The molecule has 0 aromatic rings. The molecule has 0 saturated heterocycles. The van der Waals surface area contributed by atoms with Crippen LogP contribution >= 0.6 is 11.8 Å². The Morgan fingerprint density at radius 3 is 2.06 bits per heavy atom. The molecule has 0 amide bonds. The van der Waals surface area contributed by atoms with E-state index in [-0.39, 0.29) is 0 Å². The molecule has 4 fully saturated rings. The van der Waals surface area contributed by atoms with E-state index in [1.165, 1.54) is 0 Å². The Balaban J connectivity index is 1.72. The smallest absolute Gasteiger partial charge is 0.00759 e. The molecule has 4 saturated carbocycles. The number of thioether (sulfide) groups is 1. The summed E-state index contributed by atoms with van der Waals surface area (Å²) < 4.78 is 0. The van der Waals surface area contributed by atoms with E-state index in [1.807, 2.05) is 0 Å². The highest BCUT2D eigenvalue weighted by Gasteiger charge is 2.52. The van der Waals surface area contributed by atoms with E-state index in [0.29, 0.717) is 5.41 Å². The van der Waals surface area contributed by atoms with Gasteiger partial charge in [0.1, 0.15) is 0 Å². The maximum Gasteiger partial charge on any atom is 0.00759 e. The standard InChI is InChI=1S/C14H25NS/c1-10(16-3-2-15)14-7-11-4-12(8-14)6-13(5-11)9-14/h10-13H,2-9,15H2,1H3. The highest BCUT2D eigenvalue weighted by atomic mass is 32.2. The molecule has 0 aliphatic heterocycles. The highest BCUT2D eigenvalue weighted by molar-refractivity contribution is 7.99. The molecule has 1 nitrogen and oxygen atoms in total. The van der Waals surface area contributed by atoms with Crippen molar-refractivity contribution in [2.75, 3.05) is 12.3 Å². The second-order valence-corrected chi connectivity index (χ2v) is 8.03. The van der Waals surface area contributed by atoms with Crippen LogP contribution in [0.4, 0.5) is 0 Å². The van der Waals surface area contributed by atoms with Gasteiger partial charge in [-0.2, -0.15) is 11.8 Å². The van der Waals surface area contributed by atoms with Gasteiger partial charge in [0.15, 0.2) is 0 Å². The average molecular weight is 239 g/mol. The minimum Gasteiger partial charge on any atom is -0.330 e. The van der Waals surface area contributed by atoms with E-state index >= 15 is 0 Å². The molecule has 0 aromatic heterocycles. The van der Waals surface area contributed by atoms with Crippen molar-refractivity contribution < 1.29 is 0 Å². The fraction of sp³-hybridized carbons (Fsp3) is 1.00. The van der Waals surface area contributed by atoms with E-state index in [2.05, 4.69) is 18.7 Å². The van der Waals surface area contributed by atoms with Crippen LogP contribution in [0.2, 0.25) is 0 Å². The third kappa shape index (κ3) is 1.82. The Hall–Kier alpha value is 0.310. The molecule has 2 N–H and O–H groups in total. The number of hydrogen-bond acceptors (Lipinski definition) is 2. The van der Waals surface area contributed by atoms with Gasteiger partial charge in [-0.3, -0.25) is 0 Å². The first-order valence-electron chi connectivity index (χ1n) is 7.03. The SMILES string of the molecule is CC(SCCN)C12CC3CC(CC(C3)C1)C2. The maximum absolute atomic E-state index is 5.65. The largest absolute Gasteiger partial charge is 0.330 e. The molecule has 1 atom stereocenters. The minimum absolute atomic E-state index is 0.717. The Kier molecular flexibility index (Phi) is 3.00. The number of rotatable bonds is 4. The molecule has 4 aliphatic rings. The highest BCUT2D eigenvalue weighted by Crippen LogP contribution is 2.62. The van der Waals surface area contributed by atoms with Gasteiger partial charge < -0.3 is 5.73 Å². The zero-order valence-corrected chi connectivity index (χ0v) is 11.3. The molecule has 0 radical (unpaired) electrons. The van der Waals surface area contributed by atoms with Crippen LogP contribution in [0.3, 0.4) is 0 Å². The average Bonchev–Trinajstić information content (AvgIpc) is 2.24. The number of nitrogens with two attached hydrogens (primary N) is 1. The summed E-state index contributed by atoms with van der Waals surface area (Å²) in [7, 11) is 0. The summed E-state index contributed by atoms with van der Waals surface area (Å²) in [6.45, 7) is 3.33. The van der Waals surface area contributed by atoms with Gasteiger partial charge in [-0.15, -0.1) is 0 Å². The van der Waals surface area contributed by atoms with Crippen molar-refractivity contribution >= 4 is 11.8 Å². The lowest BCUT2D eigenvalue weighted by Crippen LogP contribution is -2.50. The fourth-order valence-electron chi connectivity index (χ4n) is 5.10. The molecule has 0 heterocycles. The molecule has 0 aromatic carbocycles. The maximum atomic E-state index is 5.65. The van der Waals surface area contributed by atoms with Crippen molar-refractivity contribution in [2.45, 2.75) is 50.7 Å². The van der Waals surface area contributed by atoms with E-state index in [1.54, 1.807) is 38.5 Å². The third-order valence-corrected chi connectivity index (χ3v) is 6.91. The molecule has 4 rings (SSSR count). The van der Waals surface area contributed by atoms with Gasteiger partial charge in [0.2, 0.25) is 0 Å². The van der Waals surface area contributed by atoms with Crippen LogP contribution in [-0.2, 0) is 0 Å². The summed E-state index contributed by atoms with van der Waals surface area (Å²) >= 11 is 2.14. The first-order valence-corrected chi connectivity index (χ1v) is 8.08. The lowest BCUT2D eigenvalue weighted by Gasteiger charge is -2.59. The van der Waals surface area contributed by atoms with Gasteiger partial charge in [0.25, 0.3) is 0 Å². The zero-order valence-electron chi connectivity index (χ0n) is 10.5. The molecular weight excluding hydrogens is 214 g/mol. The lowest BCUT2D eigenvalue weighted by atomic mass is 9.49. The minimum atomic E-state index is 0.717. The van der Waals surface area contributed by atoms with E-state index in [4.69, 9.17) is 5.73 Å². The monoisotopic (exact) mass is 239 g/mol. The van der Waals surface area contributed by atoms with Crippen LogP contribution in [0.15, 0.2) is 0 Å². The summed E-state index contributed by atoms with van der Waals surface area (Å²) in [6, 6.07) is 0. The van der Waals surface area contributed by atoms with Gasteiger partial charge in [-0.25, -0.2) is 0 Å². The second-order valence-electron chi connectivity index (χ2n) is 6.58. The van der Waals surface area contributed by atoms with Crippen molar-refractivity contribution in [2.24, 2.45) is 28.9 Å². The molecule has 0 spiro atoms. The van der Waals surface area contributed by atoms with Gasteiger partial charge in [-0.1, -0.05) is 6.92 Å². The quantitative estimate of drug-likeness (QED) is 0.815. The van der Waals surface area contributed by atoms with E-state index < -0.39 is 0 Å². The third-order valence-electron chi connectivity index (χ3n) is 5.43. The topological polar surface area (TPSA) is 26.0 Å². The predicted octanol–water partition coefficient (Wildman–Crippen LogP) is 3.28. The lowest BCUT2D eigenvalue weighted by molar-refractivity contribution is -0.0510. The second kappa shape index (κ2) is 4.20. The Morgan fingerprint density at radius 1 is 1.12 bits per heavy atom. The van der Waals surface area contributed by atoms with Crippen LogP contribution in [0.1, 0.15) is 45.4 Å². The van der Waals surface area contributed by atoms with Gasteiger partial charge in [0, 0.05) is 17.5 Å². The molecule has 4 bridgehead atoms. The van der Waals surface area contributed by atoms with Crippen LogP contribution < -0.4 is 5.73 Å². The van der Waals surface area contributed by atoms with Crippen molar-refractivity contribution in [3.05, 3.63) is 0 Å². The molecule has 4 aliphatic carbocycles. The van der Waals surface area contributed by atoms with Crippen molar-refractivity contribution in [3.8, 4) is 0 Å². The molecular formula is C14H25NS. The van der Waals surface area contributed by atoms with Crippen molar-refractivity contribution in [1.29, 1.82) is 0 Å². The van der Waals surface area contributed by atoms with Crippen LogP contribution in [0.5, 0.6) is 0 Å². The summed E-state index contributed by atoms with van der Waals surface area (Å²) in [6.07, 6.45) is 9.31. The molecule has 2 heteroatoms. The summed E-state index contributed by atoms with van der Waals surface area (Å²) in [4.78, 5) is 0. The van der Waals surface area contributed by atoms with E-state index in [0.717, 1.165) is 35.3 Å². The Bertz CT molecular complexity index is 228. The Labute approximate surface area is 104 Å². The first-order chi connectivity index (χ1) is 7.72. The number of hydrogen-bond donors (Lipinski definition) is 1. The van der Waals surface area contributed by atoms with Crippen LogP contribution in [-0.4, -0.2) is 17.5 Å². The molecule has 92 valence electrons. The van der Waals surface area contributed by atoms with Gasteiger partial charge >= 0.3 is 0 Å². The van der Waals surface area contributed by atoms with Gasteiger partial charge in [-0.05, 0) is 61.7 Å². The Morgan fingerprint density at radius 2 is 1.62 bits per heavy atom. The predicted molar refractivity (Wildman–Crippen MR) is 71.6 cm³/mol. The normalized spacial score (nSPS) is 47.2. The summed E-state index contributed by atoms with van der Waals surface area (Å²) in [5.41, 5.74) is 6.36. The first kappa shape index (κ1) is 11.4. The van der Waals surface area contributed by atoms with Crippen LogP contribution in [0, 0.1) is 23.2 Å².